The summed E-state index contributed by atoms with van der Waals surface area (Å²) in [6.07, 6.45) is -34.3. The molecule has 14 N–H and O–H groups in total. The van der Waals surface area contributed by atoms with Crippen LogP contribution in [0.15, 0.2) is 45.6 Å². The first-order chi connectivity index (χ1) is 29.8. The van der Waals surface area contributed by atoms with E-state index in [0.717, 1.165) is 12.1 Å². The van der Waals surface area contributed by atoms with E-state index in [9.17, 15) is 76.3 Å². The van der Waals surface area contributed by atoms with Crippen LogP contribution in [0, 0.1) is 0 Å². The van der Waals surface area contributed by atoms with Crippen molar-refractivity contribution in [1.29, 1.82) is 0 Å². The minimum Gasteiger partial charge on any atom is -0.508 e. The molecule has 4 saturated heterocycles. The first-order valence-electron chi connectivity index (χ1n) is 19.8. The van der Waals surface area contributed by atoms with Crippen LogP contribution in [-0.4, -0.2) is 208 Å². The van der Waals surface area contributed by atoms with Crippen LogP contribution >= 0.6 is 0 Å². The van der Waals surface area contributed by atoms with Crippen molar-refractivity contribution in [3.8, 4) is 34.3 Å². The molecule has 1 aromatic heterocycles. The molecule has 0 amide bonds. The van der Waals surface area contributed by atoms with E-state index in [1.807, 2.05) is 0 Å². The molecule has 24 nitrogen and oxygen atoms in total. The van der Waals surface area contributed by atoms with E-state index < -0.39 is 164 Å². The predicted molar refractivity (Wildman–Crippen MR) is 202 cm³/mol. The molecule has 5 heterocycles. The van der Waals surface area contributed by atoms with E-state index in [-0.39, 0.29) is 22.6 Å². The SMILES string of the molecule is C[C@@H]1O[C@@H](Oc2cc(O)c3c(=O)c(O[C@@H]4O[C@@H](CO[C@@H]5O[C@H](C)[C@H](O)[C@H](O)[C@H]5O)[C@H](O)[C@@H](O)[C@@H]4O[C@@H]4O[C@H](CO)[C@@H](O)[C@H](O)[C@H]4O)c(-c4ccc(O)cc4)oc3c2)[C@@H](O)[C@@H](O)[C@H]1O. The van der Waals surface area contributed by atoms with Crippen LogP contribution in [0.25, 0.3) is 22.3 Å². The summed E-state index contributed by atoms with van der Waals surface area (Å²) >= 11 is 0. The number of hydrogen-bond acceptors (Lipinski definition) is 24. The largest absolute Gasteiger partial charge is 0.508 e. The Morgan fingerprint density at radius 2 is 1.14 bits per heavy atom. The number of ether oxygens (including phenoxy) is 8. The van der Waals surface area contributed by atoms with Crippen molar-refractivity contribution in [1.82, 2.24) is 0 Å². The molecule has 0 aliphatic carbocycles. The fourth-order valence-electron chi connectivity index (χ4n) is 7.56. The number of phenolic OH excluding ortho intramolecular Hbond substituents is 2. The fraction of sp³-hybridized carbons (Fsp3) is 0.615. The number of phenols is 2. The Hall–Kier alpha value is -3.87. The minimum atomic E-state index is -2.12. The van der Waals surface area contributed by atoms with E-state index in [0.29, 0.717) is 0 Å². The van der Waals surface area contributed by atoms with Crippen LogP contribution < -0.4 is 14.9 Å². The summed E-state index contributed by atoms with van der Waals surface area (Å²) in [5, 5.41) is 147. The second kappa shape index (κ2) is 18.9. The molecule has 0 unspecified atom stereocenters. The number of fused-ring (bicyclic) bond motifs is 1. The minimum absolute atomic E-state index is 0.0468. The average Bonchev–Trinajstić information content (AvgIpc) is 3.25. The summed E-state index contributed by atoms with van der Waals surface area (Å²) < 4.78 is 51.7. The summed E-state index contributed by atoms with van der Waals surface area (Å²) in [5.74, 6) is -2.43. The van der Waals surface area contributed by atoms with Crippen LogP contribution in [0.5, 0.6) is 23.0 Å². The van der Waals surface area contributed by atoms with E-state index in [4.69, 9.17) is 42.3 Å². The highest BCUT2D eigenvalue weighted by molar-refractivity contribution is 5.88. The van der Waals surface area contributed by atoms with E-state index in [1.54, 1.807) is 0 Å². The summed E-state index contributed by atoms with van der Waals surface area (Å²) in [5.41, 5.74) is -1.43. The van der Waals surface area contributed by atoms with Gasteiger partial charge < -0.3 is 114 Å². The van der Waals surface area contributed by atoms with Crippen molar-refractivity contribution in [2.45, 2.75) is 137 Å². The summed E-state index contributed by atoms with van der Waals surface area (Å²) in [6.45, 7) is 1.18. The van der Waals surface area contributed by atoms with Crippen molar-refractivity contribution in [3.05, 3.63) is 46.6 Å². The highest BCUT2D eigenvalue weighted by Gasteiger charge is 2.53. The summed E-state index contributed by atoms with van der Waals surface area (Å²) in [4.78, 5) is 14.5. The molecule has 3 aromatic rings. The first kappa shape index (κ1) is 47.1. The van der Waals surface area contributed by atoms with Crippen LogP contribution in [0.3, 0.4) is 0 Å². The Bertz CT molecular complexity index is 2080. The maximum absolute atomic E-state index is 14.5. The van der Waals surface area contributed by atoms with E-state index in [2.05, 4.69) is 0 Å². The van der Waals surface area contributed by atoms with Gasteiger partial charge in [0.05, 0.1) is 25.4 Å². The van der Waals surface area contributed by atoms with Crippen molar-refractivity contribution in [3.63, 3.8) is 0 Å². The van der Waals surface area contributed by atoms with Gasteiger partial charge in [0.25, 0.3) is 0 Å². The third kappa shape index (κ3) is 9.19. The highest BCUT2D eigenvalue weighted by Crippen LogP contribution is 2.40. The van der Waals surface area contributed by atoms with Gasteiger partial charge in [-0.3, -0.25) is 4.79 Å². The lowest BCUT2D eigenvalue weighted by molar-refractivity contribution is -0.362. The molecule has 7 rings (SSSR count). The highest BCUT2D eigenvalue weighted by atomic mass is 16.8. The Kier molecular flexibility index (Phi) is 14.1. The molecule has 0 saturated carbocycles. The maximum atomic E-state index is 14.5. The lowest BCUT2D eigenvalue weighted by Crippen LogP contribution is -2.65. The Balaban J connectivity index is 1.27. The van der Waals surface area contributed by atoms with Crippen LogP contribution in [-0.2, 0) is 28.4 Å². The monoisotopic (exact) mass is 902 g/mol. The van der Waals surface area contributed by atoms with Crippen LogP contribution in [0.2, 0.25) is 0 Å². The normalized spacial score (nSPS) is 41.0. The lowest BCUT2D eigenvalue weighted by atomic mass is 9.97. The van der Waals surface area contributed by atoms with Crippen LogP contribution in [0.4, 0.5) is 0 Å². The number of aliphatic hydroxyl groups is 12. The Morgan fingerprint density at radius 3 is 1.78 bits per heavy atom. The van der Waals surface area contributed by atoms with Crippen molar-refractivity contribution in [2.24, 2.45) is 0 Å². The first-order valence-corrected chi connectivity index (χ1v) is 19.8. The number of benzene rings is 2. The molecule has 4 fully saturated rings. The molecule has 4 aliphatic rings. The lowest BCUT2D eigenvalue weighted by Gasteiger charge is -2.46. The zero-order chi connectivity index (χ0) is 45.8. The maximum Gasteiger partial charge on any atom is 0.239 e. The summed E-state index contributed by atoms with van der Waals surface area (Å²) in [7, 11) is 0. The summed E-state index contributed by atoms with van der Waals surface area (Å²) in [6, 6.07) is 7.10. The average molecular weight is 903 g/mol. The zero-order valence-electron chi connectivity index (χ0n) is 33.3. The van der Waals surface area contributed by atoms with Crippen LogP contribution in [0.1, 0.15) is 13.8 Å². The number of rotatable bonds is 11. The number of aliphatic hydroxyl groups excluding tert-OH is 12. The molecule has 350 valence electrons. The third-order valence-corrected chi connectivity index (χ3v) is 11.3. The van der Waals surface area contributed by atoms with Gasteiger partial charge in [0.15, 0.2) is 24.4 Å². The third-order valence-electron chi connectivity index (χ3n) is 11.3. The molecular formula is C39H50O24. The molecular weight excluding hydrogens is 852 g/mol. The second-order valence-corrected chi connectivity index (χ2v) is 15.7. The van der Waals surface area contributed by atoms with Gasteiger partial charge in [0.1, 0.15) is 108 Å². The van der Waals surface area contributed by atoms with Crippen molar-refractivity contribution >= 4 is 11.0 Å². The van der Waals surface area contributed by atoms with Gasteiger partial charge >= 0.3 is 0 Å². The van der Waals surface area contributed by atoms with Gasteiger partial charge in [0.2, 0.25) is 23.8 Å². The Morgan fingerprint density at radius 1 is 0.587 bits per heavy atom. The van der Waals surface area contributed by atoms with Gasteiger partial charge in [-0.15, -0.1) is 0 Å². The van der Waals surface area contributed by atoms with Gasteiger partial charge in [-0.2, -0.15) is 0 Å². The molecule has 24 heteroatoms. The van der Waals surface area contributed by atoms with Gasteiger partial charge in [0, 0.05) is 17.7 Å². The zero-order valence-corrected chi connectivity index (χ0v) is 33.3. The van der Waals surface area contributed by atoms with Crippen molar-refractivity contribution < 1.29 is 114 Å². The molecule has 20 atom stereocenters. The smallest absolute Gasteiger partial charge is 0.239 e. The second-order valence-electron chi connectivity index (χ2n) is 15.7. The molecule has 2 aromatic carbocycles. The molecule has 0 bridgehead atoms. The van der Waals surface area contributed by atoms with E-state index in [1.165, 1.54) is 38.1 Å². The Labute approximate surface area is 355 Å². The topological polar surface area (TPSA) is 387 Å². The quantitative estimate of drug-likeness (QED) is 0.0856. The molecule has 0 radical (unpaired) electrons. The standard InChI is InChI=1S/C39H50O24/c1-11-21(43)26(48)30(52)36(56-11)55-10-19-24(46)29(51)35(63-38-32(54)28(50)23(45)18(9-40)60-38)39(61-19)62-34-25(47)20-16(42)7-15(58-37-31(53)27(49)22(44)12(2)57-37)8-17(20)59-33(34)13-3-5-14(41)6-4-13/h3-8,11-12,18-19,21-24,26-32,35-46,48-54H,9-10H2,1-2H3/t11-,12+,18-,19+,21+,22+,23-,24+,26+,27+,28+,29-,30-,31+,32-,35+,36-,37+,38+,39+/m1/s1. The molecule has 4 aliphatic heterocycles. The molecule has 63 heavy (non-hydrogen) atoms. The predicted octanol–water partition coefficient (Wildman–Crippen LogP) is -5.07. The number of aromatic hydroxyl groups is 2. The van der Waals surface area contributed by atoms with Gasteiger partial charge in [-0.25, -0.2) is 0 Å². The van der Waals surface area contributed by atoms with Gasteiger partial charge in [-0.05, 0) is 38.1 Å². The number of hydrogen-bond donors (Lipinski definition) is 14. The van der Waals surface area contributed by atoms with Crippen molar-refractivity contribution in [2.75, 3.05) is 13.2 Å². The van der Waals surface area contributed by atoms with E-state index >= 15 is 0 Å². The van der Waals surface area contributed by atoms with Gasteiger partial charge in [-0.1, -0.05) is 0 Å². The fourth-order valence-corrected chi connectivity index (χ4v) is 7.56. The molecule has 0 spiro atoms.